The molecule has 1 N–H and O–H groups in total. The first kappa shape index (κ1) is 27.4. The van der Waals surface area contributed by atoms with Crippen molar-refractivity contribution in [2.45, 2.75) is 69.0 Å². The van der Waals surface area contributed by atoms with Crippen LogP contribution < -0.4 is 5.32 Å². The summed E-state index contributed by atoms with van der Waals surface area (Å²) >= 11 is 3.46. The van der Waals surface area contributed by atoms with Gasteiger partial charge in [0.15, 0.2) is 0 Å². The Morgan fingerprint density at radius 2 is 1.77 bits per heavy atom. The average molecular weight is 565 g/mol. The molecule has 3 rings (SSSR count). The lowest BCUT2D eigenvalue weighted by Gasteiger charge is -2.30. The highest BCUT2D eigenvalue weighted by molar-refractivity contribution is 9.10. The van der Waals surface area contributed by atoms with E-state index in [-0.39, 0.29) is 35.7 Å². The summed E-state index contributed by atoms with van der Waals surface area (Å²) in [7, 11) is -2.10. The lowest BCUT2D eigenvalue weighted by atomic mass is 10.1. The topological polar surface area (TPSA) is 86.8 Å². The van der Waals surface area contributed by atoms with Gasteiger partial charge < -0.3 is 10.2 Å². The van der Waals surface area contributed by atoms with Gasteiger partial charge in [-0.05, 0) is 56.0 Å². The van der Waals surface area contributed by atoms with Crippen LogP contribution in [-0.2, 0) is 26.2 Å². The molecular weight excluding hydrogens is 530 g/mol. The fourth-order valence-corrected chi connectivity index (χ4v) is 5.97. The Labute approximate surface area is 217 Å². The fraction of sp³-hybridized carbons (Fsp3) is 0.462. The van der Waals surface area contributed by atoms with E-state index >= 15 is 0 Å². The van der Waals surface area contributed by atoms with Crippen LogP contribution in [0, 0.1) is 0 Å². The summed E-state index contributed by atoms with van der Waals surface area (Å²) in [5.74, 6) is -0.325. The molecule has 2 aromatic rings. The van der Waals surface area contributed by atoms with Crippen LogP contribution >= 0.6 is 15.9 Å². The van der Waals surface area contributed by atoms with Crippen molar-refractivity contribution in [2.24, 2.45) is 0 Å². The zero-order chi connectivity index (χ0) is 25.4. The van der Waals surface area contributed by atoms with Crippen molar-refractivity contribution in [3.05, 3.63) is 64.6 Å². The monoisotopic (exact) mass is 563 g/mol. The summed E-state index contributed by atoms with van der Waals surface area (Å²) in [5, 5.41) is 3.09. The van der Waals surface area contributed by atoms with E-state index in [0.29, 0.717) is 13.0 Å². The number of halogens is 1. The largest absolute Gasteiger partial charge is 0.352 e. The second-order valence-electron chi connectivity index (χ2n) is 9.06. The van der Waals surface area contributed by atoms with E-state index in [4.69, 9.17) is 0 Å². The first-order valence-corrected chi connectivity index (χ1v) is 14.3. The molecular formula is C26H34BrN3O4S. The number of sulfonamides is 1. The van der Waals surface area contributed by atoms with Gasteiger partial charge in [-0.2, -0.15) is 0 Å². The summed E-state index contributed by atoms with van der Waals surface area (Å²) in [6, 6.07) is 15.4. The van der Waals surface area contributed by atoms with Crippen LogP contribution in [0.15, 0.2) is 64.0 Å². The number of nitrogens with zero attached hydrogens (tertiary/aromatic N) is 2. The number of amides is 2. The number of carbonyl (C=O) groups excluding carboxylic acids is 2. The predicted octanol–water partition coefficient (Wildman–Crippen LogP) is 4.33. The normalized spacial score (nSPS) is 15.2. The van der Waals surface area contributed by atoms with Crippen LogP contribution in [0.5, 0.6) is 0 Å². The van der Waals surface area contributed by atoms with Gasteiger partial charge in [-0.3, -0.25) is 9.59 Å². The molecule has 1 saturated carbocycles. The maximum Gasteiger partial charge on any atom is 0.242 e. The molecule has 0 saturated heterocycles. The van der Waals surface area contributed by atoms with Crippen LogP contribution in [0.25, 0.3) is 0 Å². The Morgan fingerprint density at radius 1 is 1.09 bits per heavy atom. The Kier molecular flexibility index (Phi) is 9.89. The molecule has 0 aromatic heterocycles. The zero-order valence-corrected chi connectivity index (χ0v) is 22.7. The van der Waals surface area contributed by atoms with Gasteiger partial charge in [0.05, 0.1) is 4.90 Å². The SMILES string of the molecule is CC(C(=O)NC1CCCC1)N(Cc1cccc(Br)c1)C(=O)CCCN(C)S(=O)(=O)c1ccccc1. The Morgan fingerprint density at radius 3 is 2.43 bits per heavy atom. The summed E-state index contributed by atoms with van der Waals surface area (Å²) < 4.78 is 27.7. The van der Waals surface area contributed by atoms with Crippen LogP contribution in [0.1, 0.15) is 51.0 Å². The van der Waals surface area contributed by atoms with E-state index in [9.17, 15) is 18.0 Å². The minimum atomic E-state index is -3.61. The second kappa shape index (κ2) is 12.6. The maximum atomic E-state index is 13.3. The van der Waals surface area contributed by atoms with Gasteiger partial charge in [0.25, 0.3) is 0 Å². The highest BCUT2D eigenvalue weighted by Crippen LogP contribution is 2.20. The molecule has 2 amide bonds. The molecule has 35 heavy (non-hydrogen) atoms. The predicted molar refractivity (Wildman–Crippen MR) is 140 cm³/mol. The van der Waals surface area contributed by atoms with E-state index < -0.39 is 16.1 Å². The Balaban J connectivity index is 1.65. The van der Waals surface area contributed by atoms with Crippen LogP contribution in [0.4, 0.5) is 0 Å². The van der Waals surface area contributed by atoms with E-state index in [1.165, 1.54) is 11.4 Å². The number of benzene rings is 2. The third-order valence-electron chi connectivity index (χ3n) is 6.43. The highest BCUT2D eigenvalue weighted by atomic mass is 79.9. The molecule has 2 aromatic carbocycles. The summed E-state index contributed by atoms with van der Waals surface area (Å²) in [5.41, 5.74) is 0.914. The van der Waals surface area contributed by atoms with Gasteiger partial charge >= 0.3 is 0 Å². The van der Waals surface area contributed by atoms with Crippen molar-refractivity contribution in [2.75, 3.05) is 13.6 Å². The molecule has 0 spiro atoms. The highest BCUT2D eigenvalue weighted by Gasteiger charge is 2.29. The molecule has 0 bridgehead atoms. The summed E-state index contributed by atoms with van der Waals surface area (Å²) in [4.78, 5) is 28.1. The van der Waals surface area contributed by atoms with Gasteiger partial charge in [0.2, 0.25) is 21.8 Å². The maximum absolute atomic E-state index is 13.3. The number of rotatable bonds is 11. The van der Waals surface area contributed by atoms with E-state index in [1.807, 2.05) is 24.3 Å². The molecule has 1 aliphatic rings. The van der Waals surface area contributed by atoms with Crippen molar-refractivity contribution in [1.82, 2.24) is 14.5 Å². The van der Waals surface area contributed by atoms with Gasteiger partial charge in [-0.1, -0.05) is 59.1 Å². The number of hydrogen-bond donors (Lipinski definition) is 1. The minimum absolute atomic E-state index is 0.143. The standard InChI is InChI=1S/C26H34BrN3O4S/c1-20(26(32)28-23-12-6-7-13-23)30(19-21-10-8-11-22(27)18-21)25(31)16-9-17-29(2)35(33,34)24-14-4-3-5-15-24/h3-5,8,10-11,14-15,18,20,23H,6-7,9,12-13,16-17,19H2,1-2H3,(H,28,32). The van der Waals surface area contributed by atoms with Gasteiger partial charge in [0.1, 0.15) is 6.04 Å². The van der Waals surface area contributed by atoms with Gasteiger partial charge in [0, 0.05) is 37.1 Å². The van der Waals surface area contributed by atoms with Gasteiger partial charge in [-0.25, -0.2) is 12.7 Å². The summed E-state index contributed by atoms with van der Waals surface area (Å²) in [6.07, 6.45) is 4.66. The third-order valence-corrected chi connectivity index (χ3v) is 8.79. The van der Waals surface area contributed by atoms with E-state index in [1.54, 1.807) is 42.2 Å². The zero-order valence-electron chi connectivity index (χ0n) is 20.3. The first-order chi connectivity index (χ1) is 16.7. The molecule has 7 nitrogen and oxygen atoms in total. The minimum Gasteiger partial charge on any atom is -0.352 e. The molecule has 0 heterocycles. The van der Waals surface area contributed by atoms with Crippen molar-refractivity contribution in [3.8, 4) is 0 Å². The average Bonchev–Trinajstić information content (AvgIpc) is 3.35. The fourth-order valence-electron chi connectivity index (χ4n) is 4.30. The lowest BCUT2D eigenvalue weighted by molar-refractivity contribution is -0.141. The molecule has 0 aliphatic heterocycles. The number of nitrogens with one attached hydrogen (secondary N) is 1. The van der Waals surface area contributed by atoms with Crippen molar-refractivity contribution in [1.29, 1.82) is 0 Å². The van der Waals surface area contributed by atoms with Gasteiger partial charge in [-0.15, -0.1) is 0 Å². The third kappa shape index (κ3) is 7.62. The number of carbonyl (C=O) groups is 2. The van der Waals surface area contributed by atoms with E-state index in [0.717, 1.165) is 35.7 Å². The molecule has 190 valence electrons. The van der Waals surface area contributed by atoms with E-state index in [2.05, 4.69) is 21.2 Å². The Bertz CT molecular complexity index is 1100. The molecule has 9 heteroatoms. The Hall–Kier alpha value is -2.23. The van der Waals surface area contributed by atoms with Crippen LogP contribution in [-0.4, -0.2) is 55.1 Å². The van der Waals surface area contributed by atoms with Crippen LogP contribution in [0.2, 0.25) is 0 Å². The first-order valence-electron chi connectivity index (χ1n) is 12.0. The summed E-state index contributed by atoms with van der Waals surface area (Å²) in [6.45, 7) is 2.26. The van der Waals surface area contributed by atoms with Crippen molar-refractivity contribution in [3.63, 3.8) is 0 Å². The second-order valence-corrected chi connectivity index (χ2v) is 12.0. The molecule has 1 fully saturated rings. The quantitative estimate of drug-likeness (QED) is 0.441. The molecule has 1 aliphatic carbocycles. The number of hydrogen-bond acceptors (Lipinski definition) is 4. The molecule has 0 radical (unpaired) electrons. The molecule has 1 unspecified atom stereocenters. The molecule has 1 atom stereocenters. The van der Waals surface area contributed by atoms with Crippen LogP contribution in [0.3, 0.4) is 0 Å². The van der Waals surface area contributed by atoms with Crippen molar-refractivity contribution < 1.29 is 18.0 Å². The van der Waals surface area contributed by atoms with Crippen molar-refractivity contribution >= 4 is 37.8 Å². The lowest BCUT2D eigenvalue weighted by Crippen LogP contribution is -2.49. The smallest absolute Gasteiger partial charge is 0.242 e.